The average Bonchev–Trinajstić information content (AvgIpc) is 2.57. The molecule has 0 atom stereocenters. The molecule has 0 saturated heterocycles. The molecule has 16 heavy (non-hydrogen) atoms. The predicted molar refractivity (Wildman–Crippen MR) is 60.2 cm³/mol. The van der Waals surface area contributed by atoms with Crippen LogP contribution in [0.3, 0.4) is 0 Å². The van der Waals surface area contributed by atoms with E-state index in [9.17, 15) is 4.79 Å². The molecule has 2 rings (SSSR count). The Morgan fingerprint density at radius 2 is 2.19 bits per heavy atom. The summed E-state index contributed by atoms with van der Waals surface area (Å²) in [5, 5.41) is 13.3. The van der Waals surface area contributed by atoms with Crippen molar-refractivity contribution in [3.05, 3.63) is 29.8 Å². The van der Waals surface area contributed by atoms with Crippen LogP contribution in [0.15, 0.2) is 29.4 Å². The van der Waals surface area contributed by atoms with E-state index in [-0.39, 0.29) is 5.56 Å². The molecule has 5 heteroatoms. The van der Waals surface area contributed by atoms with Gasteiger partial charge >= 0.3 is 5.97 Å². The lowest BCUT2D eigenvalue weighted by Crippen LogP contribution is -2.19. The minimum absolute atomic E-state index is 0.198. The second-order valence-corrected chi connectivity index (χ2v) is 3.64. The minimum atomic E-state index is -0.983. The van der Waals surface area contributed by atoms with Gasteiger partial charge in [-0.25, -0.2) is 4.79 Å². The molecule has 1 aromatic rings. The number of nitrogens with two attached hydrogens (primary N) is 1. The number of hydrazone groups is 1. The molecule has 0 bridgehead atoms. The van der Waals surface area contributed by atoms with Gasteiger partial charge in [0.05, 0.1) is 12.1 Å². The van der Waals surface area contributed by atoms with Crippen LogP contribution in [0.2, 0.25) is 0 Å². The van der Waals surface area contributed by atoms with Gasteiger partial charge in [-0.15, -0.1) is 4.68 Å². The molecule has 0 spiro atoms. The van der Waals surface area contributed by atoms with Crippen molar-refractivity contribution < 1.29 is 14.6 Å². The molecule has 82 valence electrons. The van der Waals surface area contributed by atoms with E-state index in [2.05, 4.69) is 5.10 Å². The van der Waals surface area contributed by atoms with E-state index in [1.54, 1.807) is 18.2 Å². The number of nitrogens with zero attached hydrogens (tertiary/aromatic N) is 2. The van der Waals surface area contributed by atoms with E-state index in [0.717, 1.165) is 5.71 Å². The number of carbonyl (C=O) groups is 1. The van der Waals surface area contributed by atoms with Crippen molar-refractivity contribution in [2.75, 3.05) is 0 Å². The topological polar surface area (TPSA) is 78.7 Å². The number of carboxylic acids is 1. The maximum absolute atomic E-state index is 11.0. The van der Waals surface area contributed by atoms with Gasteiger partial charge in [0.25, 0.3) is 5.84 Å². The fraction of sp³-hybridized carbons (Fsp3) is 0.182. The highest BCUT2D eigenvalue weighted by molar-refractivity contribution is 6.02. The Balaban J connectivity index is 2.57. The second kappa shape index (κ2) is 3.77. The third-order valence-corrected chi connectivity index (χ3v) is 2.34. The number of para-hydroxylation sites is 1. The SMILES string of the molecule is CC1=N[N+](c2ccccc2C(=O)O)=C(N)C1. The molecule has 1 heterocycles. The summed E-state index contributed by atoms with van der Waals surface area (Å²) in [7, 11) is 0. The molecular weight excluding hydrogens is 206 g/mol. The lowest BCUT2D eigenvalue weighted by atomic mass is 10.2. The highest BCUT2D eigenvalue weighted by atomic mass is 16.4. The van der Waals surface area contributed by atoms with E-state index in [0.29, 0.717) is 17.9 Å². The summed E-state index contributed by atoms with van der Waals surface area (Å²) >= 11 is 0. The smallest absolute Gasteiger partial charge is 0.340 e. The van der Waals surface area contributed by atoms with Crippen LogP contribution in [0.25, 0.3) is 0 Å². The van der Waals surface area contributed by atoms with Crippen molar-refractivity contribution in [2.24, 2.45) is 10.8 Å². The summed E-state index contributed by atoms with van der Waals surface area (Å²) < 4.78 is 1.48. The van der Waals surface area contributed by atoms with Crippen molar-refractivity contribution in [2.45, 2.75) is 13.3 Å². The van der Waals surface area contributed by atoms with Gasteiger partial charge in [-0.1, -0.05) is 17.2 Å². The average molecular weight is 218 g/mol. The van der Waals surface area contributed by atoms with Crippen LogP contribution in [0.1, 0.15) is 23.7 Å². The summed E-state index contributed by atoms with van der Waals surface area (Å²) in [4.78, 5) is 11.0. The number of carboxylic acid groups (broad SMARTS) is 1. The molecule has 1 aromatic carbocycles. The van der Waals surface area contributed by atoms with Crippen molar-refractivity contribution >= 4 is 23.2 Å². The fourth-order valence-corrected chi connectivity index (χ4v) is 1.66. The number of aromatic carboxylic acids is 1. The third-order valence-electron chi connectivity index (χ3n) is 2.34. The minimum Gasteiger partial charge on any atom is -0.478 e. The molecule has 0 unspecified atom stereocenters. The maximum atomic E-state index is 11.0. The molecule has 0 radical (unpaired) electrons. The lowest BCUT2D eigenvalue weighted by molar-refractivity contribution is -0.443. The predicted octanol–water partition coefficient (Wildman–Crippen LogP) is 1.17. The van der Waals surface area contributed by atoms with Crippen molar-refractivity contribution in [1.82, 2.24) is 0 Å². The van der Waals surface area contributed by atoms with E-state index in [1.165, 1.54) is 10.8 Å². The van der Waals surface area contributed by atoms with Crippen LogP contribution < -0.4 is 5.73 Å². The first-order chi connectivity index (χ1) is 7.59. The molecule has 5 nitrogen and oxygen atoms in total. The summed E-state index contributed by atoms with van der Waals surface area (Å²) in [6, 6.07) is 6.67. The van der Waals surface area contributed by atoms with E-state index in [4.69, 9.17) is 10.8 Å². The largest absolute Gasteiger partial charge is 0.478 e. The molecule has 1 aliphatic rings. The molecule has 0 aliphatic carbocycles. The van der Waals surface area contributed by atoms with Gasteiger partial charge < -0.3 is 5.11 Å². The normalized spacial score (nSPS) is 15.2. The molecule has 1 aliphatic heterocycles. The number of hydrogen-bond donors (Lipinski definition) is 2. The number of benzene rings is 1. The Morgan fingerprint density at radius 3 is 2.75 bits per heavy atom. The number of hydrogen-bond acceptors (Lipinski definition) is 3. The Bertz CT molecular complexity index is 518. The monoisotopic (exact) mass is 218 g/mol. The number of rotatable bonds is 2. The van der Waals surface area contributed by atoms with Crippen molar-refractivity contribution in [3.63, 3.8) is 0 Å². The summed E-state index contributed by atoms with van der Waals surface area (Å²) in [6.07, 6.45) is 0.577. The van der Waals surface area contributed by atoms with E-state index in [1.807, 2.05) is 6.92 Å². The zero-order valence-electron chi connectivity index (χ0n) is 8.84. The second-order valence-electron chi connectivity index (χ2n) is 3.64. The summed E-state index contributed by atoms with van der Waals surface area (Å²) in [5.41, 5.74) is 7.38. The molecular formula is C11H12N3O2+. The van der Waals surface area contributed by atoms with Crippen LogP contribution in [0.4, 0.5) is 5.69 Å². The molecule has 0 fully saturated rings. The van der Waals surface area contributed by atoms with Crippen LogP contribution in [-0.2, 0) is 0 Å². The zero-order valence-corrected chi connectivity index (χ0v) is 8.84. The van der Waals surface area contributed by atoms with Crippen LogP contribution in [0, 0.1) is 0 Å². The van der Waals surface area contributed by atoms with Gasteiger partial charge in [0.2, 0.25) is 0 Å². The van der Waals surface area contributed by atoms with Crippen LogP contribution >= 0.6 is 0 Å². The fourth-order valence-electron chi connectivity index (χ4n) is 1.66. The Hall–Kier alpha value is -2.17. The Kier molecular flexibility index (Phi) is 2.44. The molecule has 3 N–H and O–H groups in total. The Morgan fingerprint density at radius 1 is 1.50 bits per heavy atom. The summed E-state index contributed by atoms with van der Waals surface area (Å²) in [6.45, 7) is 1.86. The first kappa shape index (κ1) is 10.4. The van der Waals surface area contributed by atoms with Gasteiger partial charge in [0.1, 0.15) is 5.56 Å². The summed E-state index contributed by atoms with van der Waals surface area (Å²) in [5.74, 6) is -0.436. The van der Waals surface area contributed by atoms with Gasteiger partial charge in [-0.3, -0.25) is 5.73 Å². The highest BCUT2D eigenvalue weighted by Gasteiger charge is 2.24. The van der Waals surface area contributed by atoms with Crippen LogP contribution in [0.5, 0.6) is 0 Å². The van der Waals surface area contributed by atoms with Crippen molar-refractivity contribution in [3.8, 4) is 0 Å². The third kappa shape index (κ3) is 1.67. The van der Waals surface area contributed by atoms with Gasteiger partial charge in [0, 0.05) is 0 Å². The first-order valence-corrected chi connectivity index (χ1v) is 4.87. The molecule has 0 aromatic heterocycles. The molecule has 0 amide bonds. The van der Waals surface area contributed by atoms with E-state index >= 15 is 0 Å². The lowest BCUT2D eigenvalue weighted by Gasteiger charge is -2.02. The first-order valence-electron chi connectivity index (χ1n) is 4.87. The van der Waals surface area contributed by atoms with Crippen LogP contribution in [-0.4, -0.2) is 27.3 Å². The van der Waals surface area contributed by atoms with E-state index < -0.39 is 5.97 Å². The highest BCUT2D eigenvalue weighted by Crippen LogP contribution is 2.21. The zero-order chi connectivity index (χ0) is 11.7. The van der Waals surface area contributed by atoms with Crippen molar-refractivity contribution in [1.29, 1.82) is 0 Å². The Labute approximate surface area is 92.5 Å². The quantitative estimate of drug-likeness (QED) is 0.731. The van der Waals surface area contributed by atoms with Gasteiger partial charge in [0.15, 0.2) is 5.69 Å². The van der Waals surface area contributed by atoms with Gasteiger partial charge in [-0.05, 0) is 19.1 Å². The standard InChI is InChI=1S/C11H11N3O2/c1-7-6-10(12)14(13-7)9-5-3-2-4-8(9)11(15)16/h2-5,12H,6H2,1H3,(H,15,16)/p+1. The maximum Gasteiger partial charge on any atom is 0.340 e. The molecule has 0 saturated carbocycles. The van der Waals surface area contributed by atoms with Gasteiger partial charge in [-0.2, -0.15) is 0 Å². The number of amidine groups is 1.